The average molecular weight is 279 g/mol. The fourth-order valence-corrected chi connectivity index (χ4v) is 1.47. The number of carbonyl (C=O) groups is 3. The molecule has 20 heavy (non-hydrogen) atoms. The van der Waals surface area contributed by atoms with Crippen LogP contribution in [-0.4, -0.2) is 38.1 Å². The molecule has 0 fully saturated rings. The second-order valence-corrected chi connectivity index (χ2v) is 3.96. The van der Waals surface area contributed by atoms with Gasteiger partial charge >= 0.3 is 11.9 Å². The van der Waals surface area contributed by atoms with Gasteiger partial charge in [-0.3, -0.25) is 4.79 Å². The Morgan fingerprint density at radius 2 is 1.70 bits per heavy atom. The Balaban J connectivity index is 2.68. The Morgan fingerprint density at radius 3 is 2.25 bits per heavy atom. The van der Waals surface area contributed by atoms with Gasteiger partial charge in [-0.2, -0.15) is 0 Å². The van der Waals surface area contributed by atoms with E-state index in [4.69, 9.17) is 4.74 Å². The number of hydrogen-bond acceptors (Lipinski definition) is 5. The molecule has 0 saturated heterocycles. The fraction of sp³-hybridized carbons (Fsp3) is 0.357. The van der Waals surface area contributed by atoms with E-state index in [0.717, 1.165) is 6.42 Å². The molecule has 0 atom stereocenters. The maximum atomic E-state index is 11.9. The molecule has 0 aliphatic carbocycles. The van der Waals surface area contributed by atoms with Crippen LogP contribution in [-0.2, 0) is 14.3 Å². The van der Waals surface area contributed by atoms with Crippen molar-refractivity contribution in [2.75, 3.05) is 20.3 Å². The highest BCUT2D eigenvalue weighted by Crippen LogP contribution is 2.11. The highest BCUT2D eigenvalue weighted by atomic mass is 16.5. The number of benzene rings is 1. The maximum absolute atomic E-state index is 11.9. The largest absolute Gasteiger partial charge is 0.465 e. The summed E-state index contributed by atoms with van der Waals surface area (Å²) >= 11 is 0. The van der Waals surface area contributed by atoms with Crippen LogP contribution >= 0.6 is 0 Å². The third-order valence-corrected chi connectivity index (χ3v) is 2.46. The number of ether oxygens (including phenoxy) is 2. The summed E-state index contributed by atoms with van der Waals surface area (Å²) in [5.41, 5.74) is 0.177. The summed E-state index contributed by atoms with van der Waals surface area (Å²) < 4.78 is 9.44. The zero-order valence-electron chi connectivity index (χ0n) is 11.5. The first-order valence-electron chi connectivity index (χ1n) is 6.21. The van der Waals surface area contributed by atoms with Gasteiger partial charge in [0.2, 0.25) is 0 Å². The summed E-state index contributed by atoms with van der Waals surface area (Å²) in [4.78, 5) is 34.7. The van der Waals surface area contributed by atoms with E-state index in [9.17, 15) is 14.4 Å². The van der Waals surface area contributed by atoms with Crippen LogP contribution in [0.15, 0.2) is 24.3 Å². The summed E-state index contributed by atoms with van der Waals surface area (Å²) in [6.45, 7) is 2.06. The Morgan fingerprint density at radius 1 is 1.10 bits per heavy atom. The first-order chi connectivity index (χ1) is 9.60. The van der Waals surface area contributed by atoms with E-state index in [2.05, 4.69) is 10.1 Å². The molecule has 0 spiro atoms. The van der Waals surface area contributed by atoms with Gasteiger partial charge in [-0.15, -0.1) is 0 Å². The first kappa shape index (κ1) is 15.7. The zero-order valence-corrected chi connectivity index (χ0v) is 11.5. The summed E-state index contributed by atoms with van der Waals surface area (Å²) in [6, 6.07) is 6.11. The summed E-state index contributed by atoms with van der Waals surface area (Å²) in [5, 5.41) is 2.58. The van der Waals surface area contributed by atoms with Gasteiger partial charge in [0.05, 0.1) is 18.2 Å². The van der Waals surface area contributed by atoms with Gasteiger partial charge in [0.15, 0.2) is 6.61 Å². The van der Waals surface area contributed by atoms with Crippen molar-refractivity contribution in [3.8, 4) is 0 Å². The highest BCUT2D eigenvalue weighted by Gasteiger charge is 2.18. The quantitative estimate of drug-likeness (QED) is 0.790. The molecule has 108 valence electrons. The lowest BCUT2D eigenvalue weighted by molar-refractivity contribution is -0.124. The normalized spacial score (nSPS) is 9.70. The molecule has 0 radical (unpaired) electrons. The van der Waals surface area contributed by atoms with E-state index < -0.39 is 11.9 Å². The van der Waals surface area contributed by atoms with Crippen molar-refractivity contribution in [3.05, 3.63) is 35.4 Å². The first-order valence-corrected chi connectivity index (χ1v) is 6.21. The molecule has 6 nitrogen and oxygen atoms in total. The van der Waals surface area contributed by atoms with E-state index in [1.165, 1.54) is 19.2 Å². The molecule has 0 bridgehead atoms. The van der Waals surface area contributed by atoms with Gasteiger partial charge in [0.25, 0.3) is 5.91 Å². The lowest BCUT2D eigenvalue weighted by Gasteiger charge is -2.08. The molecule has 0 saturated carbocycles. The van der Waals surface area contributed by atoms with Crippen molar-refractivity contribution in [3.63, 3.8) is 0 Å². The van der Waals surface area contributed by atoms with Crippen LogP contribution in [0.2, 0.25) is 0 Å². The molecule has 0 aromatic heterocycles. The summed E-state index contributed by atoms with van der Waals surface area (Å²) in [7, 11) is 1.22. The molecule has 1 aromatic rings. The predicted molar refractivity (Wildman–Crippen MR) is 71.4 cm³/mol. The minimum Gasteiger partial charge on any atom is -0.465 e. The smallest absolute Gasteiger partial charge is 0.339 e. The third kappa shape index (κ3) is 4.38. The molecular weight excluding hydrogens is 262 g/mol. The van der Waals surface area contributed by atoms with Gasteiger partial charge in [-0.25, -0.2) is 9.59 Å². The molecule has 1 amide bonds. The molecule has 0 unspecified atom stereocenters. The van der Waals surface area contributed by atoms with Gasteiger partial charge in [-0.05, 0) is 18.6 Å². The van der Waals surface area contributed by atoms with Crippen molar-refractivity contribution in [2.45, 2.75) is 13.3 Å². The van der Waals surface area contributed by atoms with Crippen LogP contribution in [0.1, 0.15) is 34.1 Å². The van der Waals surface area contributed by atoms with Crippen LogP contribution in [0.25, 0.3) is 0 Å². The molecule has 6 heteroatoms. The van der Waals surface area contributed by atoms with Crippen LogP contribution in [0.3, 0.4) is 0 Å². The average Bonchev–Trinajstić information content (AvgIpc) is 2.49. The Hall–Kier alpha value is -2.37. The summed E-state index contributed by atoms with van der Waals surface area (Å²) in [5.74, 6) is -1.75. The van der Waals surface area contributed by atoms with Crippen molar-refractivity contribution in [1.29, 1.82) is 0 Å². The molecule has 1 rings (SSSR count). The van der Waals surface area contributed by atoms with E-state index >= 15 is 0 Å². The fourth-order valence-electron chi connectivity index (χ4n) is 1.47. The van der Waals surface area contributed by atoms with Crippen LogP contribution in [0.5, 0.6) is 0 Å². The number of esters is 2. The van der Waals surface area contributed by atoms with Crippen LogP contribution in [0, 0.1) is 0 Å². The Labute approximate surface area is 117 Å². The molecule has 0 heterocycles. The van der Waals surface area contributed by atoms with Crippen molar-refractivity contribution >= 4 is 17.8 Å². The minimum absolute atomic E-state index is 0.0719. The summed E-state index contributed by atoms with van der Waals surface area (Å²) in [6.07, 6.45) is 0.796. The number of hydrogen-bond donors (Lipinski definition) is 1. The Kier molecular flexibility index (Phi) is 6.22. The van der Waals surface area contributed by atoms with Gasteiger partial charge < -0.3 is 14.8 Å². The lowest BCUT2D eigenvalue weighted by atomic mass is 10.1. The van der Waals surface area contributed by atoms with Crippen molar-refractivity contribution < 1.29 is 23.9 Å². The molecule has 0 aliphatic rings. The number of nitrogens with one attached hydrogen (secondary N) is 1. The molecule has 0 aliphatic heterocycles. The maximum Gasteiger partial charge on any atom is 0.339 e. The topological polar surface area (TPSA) is 81.7 Å². The standard InChI is InChI=1S/C14H17NO5/c1-3-8-15-12(16)9-20-14(18)11-7-5-4-6-10(11)13(17)19-2/h4-7H,3,8-9H2,1-2H3,(H,15,16). The van der Waals surface area contributed by atoms with Gasteiger partial charge in [0.1, 0.15) is 0 Å². The van der Waals surface area contributed by atoms with Gasteiger partial charge in [0, 0.05) is 6.54 Å². The second kappa shape index (κ2) is 7.93. The minimum atomic E-state index is -0.738. The van der Waals surface area contributed by atoms with E-state index in [1.54, 1.807) is 12.1 Å². The molecule has 1 N–H and O–H groups in total. The highest BCUT2D eigenvalue weighted by molar-refractivity contribution is 6.03. The number of methoxy groups -OCH3 is 1. The Bertz CT molecular complexity index is 498. The number of carbonyl (C=O) groups excluding carboxylic acids is 3. The van der Waals surface area contributed by atoms with E-state index in [1.807, 2.05) is 6.92 Å². The van der Waals surface area contributed by atoms with Gasteiger partial charge in [-0.1, -0.05) is 19.1 Å². The van der Waals surface area contributed by atoms with E-state index in [0.29, 0.717) is 6.54 Å². The number of amides is 1. The van der Waals surface area contributed by atoms with E-state index in [-0.39, 0.29) is 23.6 Å². The third-order valence-electron chi connectivity index (χ3n) is 2.46. The predicted octanol–water partition coefficient (Wildman–Crippen LogP) is 1.16. The SMILES string of the molecule is CCCNC(=O)COC(=O)c1ccccc1C(=O)OC. The van der Waals surface area contributed by atoms with Crippen LogP contribution < -0.4 is 5.32 Å². The molecular formula is C14H17NO5. The van der Waals surface area contributed by atoms with Crippen LogP contribution in [0.4, 0.5) is 0 Å². The van der Waals surface area contributed by atoms with Crippen molar-refractivity contribution in [1.82, 2.24) is 5.32 Å². The zero-order chi connectivity index (χ0) is 15.0. The van der Waals surface area contributed by atoms with Crippen molar-refractivity contribution in [2.24, 2.45) is 0 Å². The lowest BCUT2D eigenvalue weighted by Crippen LogP contribution is -2.29. The second-order valence-electron chi connectivity index (χ2n) is 3.96. The number of rotatable bonds is 6. The monoisotopic (exact) mass is 279 g/mol. The molecule has 1 aromatic carbocycles.